The molecule has 2 aliphatic heterocycles. The summed E-state index contributed by atoms with van der Waals surface area (Å²) in [5.74, 6) is -0.521. The zero-order valence-electron chi connectivity index (χ0n) is 16.1. The zero-order valence-corrected chi connectivity index (χ0v) is 16.1. The Morgan fingerprint density at radius 1 is 1.14 bits per heavy atom. The molecule has 1 fully saturated rings. The summed E-state index contributed by atoms with van der Waals surface area (Å²) < 4.78 is 0. The van der Waals surface area contributed by atoms with E-state index in [-0.39, 0.29) is 0 Å². The Hall–Kier alpha value is -2.63. The molecule has 1 amide bonds. The number of hydrogen-bond acceptors (Lipinski definition) is 4. The number of rotatable bonds is 6. The smallest absolute Gasteiger partial charge is 0.267 e. The van der Waals surface area contributed by atoms with Crippen LogP contribution in [0.15, 0.2) is 54.6 Å². The van der Waals surface area contributed by atoms with Gasteiger partial charge in [-0.1, -0.05) is 42.5 Å². The maximum absolute atomic E-state index is 11.1. The number of anilines is 1. The van der Waals surface area contributed by atoms with Crippen molar-refractivity contribution in [3.05, 3.63) is 71.3 Å². The lowest BCUT2D eigenvalue weighted by molar-refractivity contribution is -0.124. The summed E-state index contributed by atoms with van der Waals surface area (Å²) in [6.07, 6.45) is 6.69. The first-order valence-electron chi connectivity index (χ1n) is 10.0. The topological polar surface area (TPSA) is 55.8 Å². The molecule has 0 aliphatic carbocycles. The molecule has 4 rings (SSSR count). The van der Waals surface area contributed by atoms with Crippen LogP contribution in [0.1, 0.15) is 29.5 Å². The van der Waals surface area contributed by atoms with E-state index >= 15 is 0 Å². The molecule has 1 unspecified atom stereocenters. The average molecular weight is 377 g/mol. The van der Waals surface area contributed by atoms with Crippen molar-refractivity contribution in [2.75, 3.05) is 24.5 Å². The van der Waals surface area contributed by atoms with Gasteiger partial charge in [0.25, 0.3) is 5.91 Å². The van der Waals surface area contributed by atoms with Gasteiger partial charge in [0.1, 0.15) is 0 Å². The highest BCUT2D eigenvalue weighted by molar-refractivity contribution is 5.90. The molecular weight excluding hydrogens is 350 g/mol. The molecule has 1 saturated heterocycles. The summed E-state index contributed by atoms with van der Waals surface area (Å²) in [7, 11) is 0. The first kappa shape index (κ1) is 18.7. The minimum atomic E-state index is -0.521. The Labute approximate surface area is 166 Å². The van der Waals surface area contributed by atoms with Crippen molar-refractivity contribution in [3.8, 4) is 0 Å². The van der Waals surface area contributed by atoms with Crippen LogP contribution in [0.3, 0.4) is 0 Å². The molecule has 2 aliphatic rings. The highest BCUT2D eigenvalue weighted by Crippen LogP contribution is 2.30. The Kier molecular flexibility index (Phi) is 5.74. The summed E-state index contributed by atoms with van der Waals surface area (Å²) in [5.41, 5.74) is 6.72. The molecule has 2 aromatic rings. The normalized spacial score (nSPS) is 19.3. The minimum Gasteiger partial charge on any atom is -0.369 e. The van der Waals surface area contributed by atoms with Crippen LogP contribution in [0.4, 0.5) is 5.69 Å². The number of carbonyl (C=O) groups excluding carboxylic acids is 1. The van der Waals surface area contributed by atoms with Gasteiger partial charge in [0.05, 0.1) is 0 Å². The van der Waals surface area contributed by atoms with Gasteiger partial charge in [0, 0.05) is 37.4 Å². The van der Waals surface area contributed by atoms with Gasteiger partial charge in [0.2, 0.25) is 0 Å². The van der Waals surface area contributed by atoms with E-state index in [4.69, 9.17) is 5.21 Å². The van der Waals surface area contributed by atoms with Gasteiger partial charge in [-0.05, 0) is 54.6 Å². The van der Waals surface area contributed by atoms with Crippen LogP contribution in [0, 0.1) is 0 Å². The number of benzene rings is 2. The van der Waals surface area contributed by atoms with Crippen LogP contribution < -0.4 is 10.4 Å². The fourth-order valence-electron chi connectivity index (χ4n) is 4.34. The SMILES string of the molecule is O=C(/C=C/c1ccc(CN2CCCC2CN2CCc3ccccc32)cc1)NO. The van der Waals surface area contributed by atoms with Crippen molar-refractivity contribution < 1.29 is 10.0 Å². The van der Waals surface area contributed by atoms with Crippen LogP contribution in [-0.2, 0) is 17.8 Å². The van der Waals surface area contributed by atoms with Crippen molar-refractivity contribution >= 4 is 17.7 Å². The number of hydrogen-bond donors (Lipinski definition) is 2. The Bertz CT molecular complexity index is 847. The molecular formula is C23H27N3O2. The van der Waals surface area contributed by atoms with Crippen LogP contribution >= 0.6 is 0 Å². The molecule has 0 aromatic heterocycles. The van der Waals surface area contributed by atoms with Crippen molar-refractivity contribution in [1.29, 1.82) is 0 Å². The van der Waals surface area contributed by atoms with Crippen LogP contribution in [0.5, 0.6) is 0 Å². The van der Waals surface area contributed by atoms with Crippen LogP contribution in [0.2, 0.25) is 0 Å². The predicted octanol–water partition coefficient (Wildman–Crippen LogP) is 3.23. The third-order valence-electron chi connectivity index (χ3n) is 5.82. The molecule has 146 valence electrons. The lowest BCUT2D eigenvalue weighted by atomic mass is 10.1. The second-order valence-electron chi connectivity index (χ2n) is 7.64. The van der Waals surface area contributed by atoms with Crippen LogP contribution in [0.25, 0.3) is 6.08 Å². The largest absolute Gasteiger partial charge is 0.369 e. The molecule has 5 nitrogen and oxygen atoms in total. The molecule has 0 radical (unpaired) electrons. The second-order valence-corrected chi connectivity index (χ2v) is 7.64. The fraction of sp³-hybridized carbons (Fsp3) is 0.348. The van der Waals surface area contributed by atoms with E-state index in [1.165, 1.54) is 35.7 Å². The number of carbonyl (C=O) groups is 1. The number of nitrogens with zero attached hydrogens (tertiary/aromatic N) is 2. The summed E-state index contributed by atoms with van der Waals surface area (Å²) in [6.45, 7) is 4.35. The Balaban J connectivity index is 1.37. The number of para-hydroxylation sites is 1. The van der Waals surface area contributed by atoms with Crippen molar-refractivity contribution in [2.45, 2.75) is 31.8 Å². The van der Waals surface area contributed by atoms with Gasteiger partial charge in [-0.15, -0.1) is 0 Å². The van der Waals surface area contributed by atoms with E-state index in [2.05, 4.69) is 46.2 Å². The molecule has 2 heterocycles. The van der Waals surface area contributed by atoms with Gasteiger partial charge >= 0.3 is 0 Å². The summed E-state index contributed by atoms with van der Waals surface area (Å²) >= 11 is 0. The highest BCUT2D eigenvalue weighted by atomic mass is 16.5. The Morgan fingerprint density at radius 3 is 2.79 bits per heavy atom. The summed E-state index contributed by atoms with van der Waals surface area (Å²) in [5, 5.41) is 8.54. The quantitative estimate of drug-likeness (QED) is 0.461. The van der Waals surface area contributed by atoms with Crippen molar-refractivity contribution in [2.24, 2.45) is 0 Å². The maximum atomic E-state index is 11.1. The molecule has 0 spiro atoms. The molecule has 1 atom stereocenters. The van der Waals surface area contributed by atoms with Crippen molar-refractivity contribution in [3.63, 3.8) is 0 Å². The lowest BCUT2D eigenvalue weighted by Gasteiger charge is -2.30. The molecule has 0 saturated carbocycles. The summed E-state index contributed by atoms with van der Waals surface area (Å²) in [4.78, 5) is 16.2. The second kappa shape index (κ2) is 8.59. The zero-order chi connectivity index (χ0) is 19.3. The maximum Gasteiger partial charge on any atom is 0.267 e. The average Bonchev–Trinajstić information content (AvgIpc) is 3.35. The highest BCUT2D eigenvalue weighted by Gasteiger charge is 2.28. The number of nitrogens with one attached hydrogen (secondary N) is 1. The Morgan fingerprint density at radius 2 is 1.96 bits per heavy atom. The number of likely N-dealkylation sites (tertiary alicyclic amines) is 1. The van der Waals surface area contributed by atoms with E-state index in [0.29, 0.717) is 6.04 Å². The first-order valence-corrected chi connectivity index (χ1v) is 10.0. The van der Waals surface area contributed by atoms with Gasteiger partial charge in [-0.3, -0.25) is 14.9 Å². The number of fused-ring (bicyclic) bond motifs is 1. The summed E-state index contributed by atoms with van der Waals surface area (Å²) in [6, 6.07) is 17.7. The minimum absolute atomic E-state index is 0.521. The van der Waals surface area contributed by atoms with E-state index in [1.807, 2.05) is 12.1 Å². The van der Waals surface area contributed by atoms with E-state index in [1.54, 1.807) is 11.6 Å². The van der Waals surface area contributed by atoms with E-state index < -0.39 is 5.91 Å². The van der Waals surface area contributed by atoms with Gasteiger partial charge in [-0.25, -0.2) is 5.48 Å². The molecule has 0 bridgehead atoms. The van der Waals surface area contributed by atoms with E-state index in [9.17, 15) is 4.79 Å². The third-order valence-corrected chi connectivity index (χ3v) is 5.82. The molecule has 2 aromatic carbocycles. The monoisotopic (exact) mass is 377 g/mol. The van der Waals surface area contributed by atoms with Crippen LogP contribution in [-0.4, -0.2) is 41.7 Å². The van der Waals surface area contributed by atoms with E-state index in [0.717, 1.165) is 38.2 Å². The third kappa shape index (κ3) is 4.26. The van der Waals surface area contributed by atoms with Gasteiger partial charge < -0.3 is 4.90 Å². The molecule has 28 heavy (non-hydrogen) atoms. The van der Waals surface area contributed by atoms with Gasteiger partial charge in [0.15, 0.2) is 0 Å². The van der Waals surface area contributed by atoms with Gasteiger partial charge in [-0.2, -0.15) is 0 Å². The van der Waals surface area contributed by atoms with Crippen molar-refractivity contribution in [1.82, 2.24) is 10.4 Å². The lowest BCUT2D eigenvalue weighted by Crippen LogP contribution is -2.39. The number of amides is 1. The first-order chi connectivity index (χ1) is 13.7. The predicted molar refractivity (Wildman–Crippen MR) is 111 cm³/mol. The molecule has 2 N–H and O–H groups in total. The number of hydroxylamine groups is 1. The fourth-order valence-corrected chi connectivity index (χ4v) is 4.34. The molecule has 5 heteroatoms. The standard InChI is InChI=1S/C23H27N3O2/c27-23(24-28)12-11-18-7-9-19(10-8-18)16-25-14-3-5-21(25)17-26-15-13-20-4-1-2-6-22(20)26/h1-2,4,6-12,21,28H,3,5,13-17H2,(H,24,27)/b12-11+.